The zero-order chi connectivity index (χ0) is 30.2. The molecule has 216 valence electrons. The molecule has 2 atom stereocenters. The van der Waals surface area contributed by atoms with Crippen LogP contribution in [0.25, 0.3) is 0 Å². The first-order valence-electron chi connectivity index (χ1n) is 11.4. The van der Waals surface area contributed by atoms with Crippen LogP contribution in [-0.2, 0) is 30.7 Å². The van der Waals surface area contributed by atoms with Crippen molar-refractivity contribution in [2.75, 3.05) is 4.90 Å². The fourth-order valence-corrected chi connectivity index (χ4v) is 4.91. The highest BCUT2D eigenvalue weighted by atomic mass is 32.2. The number of halogens is 6. The molecule has 0 unspecified atom stereocenters. The summed E-state index contributed by atoms with van der Waals surface area (Å²) in [6.45, 7) is 0. The molecule has 3 aromatic rings. The largest absolute Gasteiger partial charge is 0.501 e. The maximum atomic E-state index is 13.7. The Morgan fingerprint density at radius 1 is 0.902 bits per heavy atom. The molecule has 0 N–H and O–H groups in total. The number of pyridine rings is 1. The first-order chi connectivity index (χ1) is 19.1. The van der Waals surface area contributed by atoms with Crippen LogP contribution in [0.5, 0.6) is 0 Å². The molecule has 1 saturated heterocycles. The van der Waals surface area contributed by atoms with Crippen molar-refractivity contribution < 1.29 is 54.0 Å². The minimum absolute atomic E-state index is 0.0352. The summed E-state index contributed by atoms with van der Waals surface area (Å²) in [6.07, 6.45) is -2.93. The Kier molecular flexibility index (Phi) is 7.80. The van der Waals surface area contributed by atoms with E-state index in [9.17, 15) is 49.1 Å². The molecule has 9 nitrogen and oxygen atoms in total. The lowest BCUT2D eigenvalue weighted by atomic mass is 9.86. The summed E-state index contributed by atoms with van der Waals surface area (Å²) in [5.41, 5.74) is -5.20. The number of aromatic nitrogens is 1. The van der Waals surface area contributed by atoms with E-state index in [-0.39, 0.29) is 16.4 Å². The van der Waals surface area contributed by atoms with Gasteiger partial charge < -0.3 is 4.84 Å². The lowest BCUT2D eigenvalue weighted by Gasteiger charge is -2.28. The van der Waals surface area contributed by atoms with Gasteiger partial charge in [-0.25, -0.2) is 22.9 Å². The van der Waals surface area contributed by atoms with Gasteiger partial charge in [-0.1, -0.05) is 30.3 Å². The van der Waals surface area contributed by atoms with E-state index >= 15 is 0 Å². The van der Waals surface area contributed by atoms with E-state index in [1.165, 1.54) is 24.5 Å². The van der Waals surface area contributed by atoms with E-state index in [1.807, 2.05) is 0 Å². The Balaban J connectivity index is 1.80. The van der Waals surface area contributed by atoms with Crippen LogP contribution in [0.2, 0.25) is 0 Å². The molecule has 0 aliphatic carbocycles. The molecule has 4 rings (SSSR count). The number of hydroxylamine groups is 2. The number of sulfone groups is 1. The van der Waals surface area contributed by atoms with Gasteiger partial charge in [-0.05, 0) is 53.9 Å². The average molecular weight is 601 g/mol. The lowest BCUT2D eigenvalue weighted by molar-refractivity contribution is -0.231. The van der Waals surface area contributed by atoms with Crippen molar-refractivity contribution in [3.63, 3.8) is 0 Å². The Morgan fingerprint density at radius 2 is 1.49 bits per heavy atom. The summed E-state index contributed by atoms with van der Waals surface area (Å²) in [6, 6.07) is 10.1. The molecule has 16 heteroatoms. The van der Waals surface area contributed by atoms with E-state index in [1.54, 1.807) is 30.3 Å². The number of hydrogen-bond acceptors (Lipinski definition) is 7. The second-order valence-electron chi connectivity index (χ2n) is 8.62. The van der Waals surface area contributed by atoms with Gasteiger partial charge in [-0.3, -0.25) is 9.78 Å². The smallest absolute Gasteiger partial charge is 0.327 e. The third kappa shape index (κ3) is 5.86. The van der Waals surface area contributed by atoms with Crippen LogP contribution in [0, 0.1) is 0 Å². The molecule has 41 heavy (non-hydrogen) atoms. The molecule has 0 bridgehead atoms. The number of carbonyl (C=O) groups excluding carboxylic acids is 3. The Hall–Kier alpha value is -4.47. The van der Waals surface area contributed by atoms with Crippen molar-refractivity contribution in [3.05, 3.63) is 90.3 Å². The van der Waals surface area contributed by atoms with Crippen LogP contribution >= 0.6 is 0 Å². The highest BCUT2D eigenvalue weighted by Crippen LogP contribution is 2.37. The van der Waals surface area contributed by atoms with Crippen molar-refractivity contribution in [1.29, 1.82) is 0 Å². The molecular weight excluding hydrogens is 584 g/mol. The number of amides is 3. The van der Waals surface area contributed by atoms with Gasteiger partial charge in [0.25, 0.3) is 15.7 Å². The number of alkyl halides is 6. The quantitative estimate of drug-likeness (QED) is 0.288. The molecule has 0 spiro atoms. The third-order valence-corrected chi connectivity index (χ3v) is 7.54. The molecule has 1 aromatic heterocycles. The van der Waals surface area contributed by atoms with E-state index in [0.717, 1.165) is 0 Å². The second-order valence-corrected chi connectivity index (χ2v) is 10.6. The predicted molar refractivity (Wildman–Crippen MR) is 127 cm³/mol. The van der Waals surface area contributed by atoms with Crippen LogP contribution in [0.3, 0.4) is 0 Å². The maximum absolute atomic E-state index is 13.7. The van der Waals surface area contributed by atoms with E-state index in [4.69, 9.17) is 0 Å². The highest BCUT2D eigenvalue weighted by Gasteiger charge is 2.55. The van der Waals surface area contributed by atoms with Crippen molar-refractivity contribution in [1.82, 2.24) is 10.0 Å². The third-order valence-electron chi connectivity index (χ3n) is 6.04. The summed E-state index contributed by atoms with van der Waals surface area (Å²) in [5, 5.41) is -0.0352. The Bertz CT molecular complexity index is 1550. The molecule has 0 saturated carbocycles. The minimum Gasteiger partial charge on any atom is -0.327 e. The maximum Gasteiger partial charge on any atom is 0.501 e. The summed E-state index contributed by atoms with van der Waals surface area (Å²) < 4.78 is 102. The Labute approximate surface area is 227 Å². The highest BCUT2D eigenvalue weighted by molar-refractivity contribution is 7.92. The molecule has 1 aliphatic heterocycles. The molecule has 1 fully saturated rings. The zero-order valence-corrected chi connectivity index (χ0v) is 21.2. The Morgan fingerprint density at radius 3 is 2.02 bits per heavy atom. The van der Waals surface area contributed by atoms with E-state index < -0.39 is 62.0 Å². The van der Waals surface area contributed by atoms with E-state index in [2.05, 4.69) is 9.82 Å². The van der Waals surface area contributed by atoms with Gasteiger partial charge in [0.2, 0.25) is 0 Å². The fraction of sp³-hybridized carbons (Fsp3) is 0.200. The topological polar surface area (TPSA) is 114 Å². The molecule has 2 heterocycles. The molecule has 2 aromatic carbocycles. The molecule has 0 radical (unpaired) electrons. The first kappa shape index (κ1) is 29.5. The predicted octanol–water partition coefficient (Wildman–Crippen LogP) is 4.56. The van der Waals surface area contributed by atoms with Crippen molar-refractivity contribution in [3.8, 4) is 0 Å². The SMILES string of the molecule is O=C1[C@@H]([C@H](Cc2ccccc2)c2ccncc2)N(OC(=O)C(F)(F)F)C(=O)N1c1ccc(S(=O)(=O)C(F)(F)F)cc1. The summed E-state index contributed by atoms with van der Waals surface area (Å²) in [4.78, 5) is 46.1. The number of carbonyl (C=O) groups is 3. The number of anilines is 1. The lowest BCUT2D eigenvalue weighted by Crippen LogP contribution is -2.44. The standard InChI is InChI=1S/C25H17F6N3O6S/c26-24(27,28)22(36)40-34-20(19(16-10-12-32-13-11-16)14-15-4-2-1-3-5-15)21(35)33(23(34)37)17-6-8-18(9-7-17)41(38,39)25(29,30)31/h1-13,19-20H,14H2/t19-,20-/m1/s1. The van der Waals surface area contributed by atoms with Gasteiger partial charge in [0, 0.05) is 18.3 Å². The monoisotopic (exact) mass is 601 g/mol. The fourth-order valence-electron chi connectivity index (χ4n) is 4.15. The van der Waals surface area contributed by atoms with Crippen LogP contribution < -0.4 is 4.90 Å². The van der Waals surface area contributed by atoms with Crippen LogP contribution in [0.15, 0.2) is 84.0 Å². The normalized spacial score (nSPS) is 17.1. The number of benzene rings is 2. The van der Waals surface area contributed by atoms with Gasteiger partial charge in [0.1, 0.15) is 0 Å². The van der Waals surface area contributed by atoms with Crippen molar-refractivity contribution in [2.45, 2.75) is 35.0 Å². The molecule has 1 aliphatic rings. The zero-order valence-electron chi connectivity index (χ0n) is 20.3. The second kappa shape index (κ2) is 10.8. The minimum atomic E-state index is -5.78. The number of hydrogen-bond donors (Lipinski definition) is 0. The van der Waals surface area contributed by atoms with Crippen LogP contribution in [-0.4, -0.2) is 54.1 Å². The average Bonchev–Trinajstić information content (AvgIpc) is 3.16. The number of rotatable bonds is 7. The summed E-state index contributed by atoms with van der Waals surface area (Å²) in [5.74, 6) is -5.09. The van der Waals surface area contributed by atoms with Crippen molar-refractivity contribution in [2.24, 2.45) is 0 Å². The number of imide groups is 1. The van der Waals surface area contributed by atoms with E-state index in [0.29, 0.717) is 35.4 Å². The van der Waals surface area contributed by atoms with Crippen LogP contribution in [0.1, 0.15) is 17.0 Å². The van der Waals surface area contributed by atoms with Gasteiger partial charge >= 0.3 is 23.7 Å². The van der Waals surface area contributed by atoms with Crippen LogP contribution in [0.4, 0.5) is 36.8 Å². The van der Waals surface area contributed by atoms with Gasteiger partial charge in [0.05, 0.1) is 10.6 Å². The van der Waals surface area contributed by atoms with Gasteiger partial charge in [-0.15, -0.1) is 5.06 Å². The van der Waals surface area contributed by atoms with Gasteiger partial charge in [0.15, 0.2) is 6.04 Å². The summed E-state index contributed by atoms with van der Waals surface area (Å²) >= 11 is 0. The molecule has 3 amide bonds. The summed E-state index contributed by atoms with van der Waals surface area (Å²) in [7, 11) is -5.78. The van der Waals surface area contributed by atoms with Crippen molar-refractivity contribution >= 4 is 33.4 Å². The molecular formula is C25H17F6N3O6S. The van der Waals surface area contributed by atoms with Gasteiger partial charge in [-0.2, -0.15) is 26.3 Å². The first-order valence-corrected chi connectivity index (χ1v) is 12.9. The number of nitrogens with zero attached hydrogens (tertiary/aromatic N) is 3. The number of urea groups is 1.